The second kappa shape index (κ2) is 5.02. The van der Waals surface area contributed by atoms with Gasteiger partial charge in [-0.3, -0.25) is 4.79 Å². The van der Waals surface area contributed by atoms with E-state index in [4.69, 9.17) is 4.74 Å². The van der Waals surface area contributed by atoms with Gasteiger partial charge in [-0.2, -0.15) is 0 Å². The van der Waals surface area contributed by atoms with Crippen LogP contribution < -0.4 is 4.74 Å². The molecule has 0 bridgehead atoms. The van der Waals surface area contributed by atoms with Crippen molar-refractivity contribution in [1.29, 1.82) is 0 Å². The summed E-state index contributed by atoms with van der Waals surface area (Å²) in [4.78, 5) is 13.3. The van der Waals surface area contributed by atoms with Crippen molar-refractivity contribution < 1.29 is 14.6 Å². The first kappa shape index (κ1) is 14.4. The van der Waals surface area contributed by atoms with Crippen LogP contribution in [-0.4, -0.2) is 34.6 Å². The number of hydrogen-bond donors (Lipinski definition) is 1. The van der Waals surface area contributed by atoms with Crippen LogP contribution >= 0.6 is 0 Å². The van der Waals surface area contributed by atoms with Gasteiger partial charge in [-0.25, -0.2) is 0 Å². The molecule has 1 saturated heterocycles. The Kier molecular flexibility index (Phi) is 3.44. The molecular formula is C17H23NO3. The summed E-state index contributed by atoms with van der Waals surface area (Å²) < 4.78 is 6.30. The van der Waals surface area contributed by atoms with Crippen molar-refractivity contribution >= 4 is 5.91 Å². The Bertz CT molecular complexity index is 574. The van der Waals surface area contributed by atoms with Crippen LogP contribution in [0.2, 0.25) is 0 Å². The van der Waals surface area contributed by atoms with Gasteiger partial charge in [0.15, 0.2) is 0 Å². The Morgan fingerprint density at radius 3 is 2.52 bits per heavy atom. The highest BCUT2D eigenvalue weighted by Crippen LogP contribution is 2.45. The summed E-state index contributed by atoms with van der Waals surface area (Å²) in [5.74, 6) is 0.932. The van der Waals surface area contributed by atoms with Crippen molar-refractivity contribution in [1.82, 2.24) is 4.90 Å². The van der Waals surface area contributed by atoms with Crippen molar-refractivity contribution in [2.45, 2.75) is 51.7 Å². The molecule has 4 heteroatoms. The maximum absolute atomic E-state index is 11.5. The maximum atomic E-state index is 11.5. The van der Waals surface area contributed by atoms with Gasteiger partial charge in [0.05, 0.1) is 6.10 Å². The van der Waals surface area contributed by atoms with E-state index in [0.717, 1.165) is 24.2 Å². The predicted molar refractivity (Wildman–Crippen MR) is 80.3 cm³/mol. The molecule has 1 N–H and O–H groups in total. The van der Waals surface area contributed by atoms with Crippen molar-refractivity contribution in [3.63, 3.8) is 0 Å². The number of fused-ring (bicyclic) bond motifs is 1. The molecule has 1 aromatic rings. The highest BCUT2D eigenvalue weighted by molar-refractivity contribution is 5.73. The number of aliphatic hydroxyl groups excluding tert-OH is 1. The van der Waals surface area contributed by atoms with Gasteiger partial charge in [0, 0.05) is 44.8 Å². The SMILES string of the molecule is CC(=O)N1CCC2(CC1)C[C@@H](O)c1cc(C)c(C)cc1O2. The average molecular weight is 289 g/mol. The summed E-state index contributed by atoms with van der Waals surface area (Å²) in [5.41, 5.74) is 2.94. The first-order valence-electron chi connectivity index (χ1n) is 7.64. The number of rotatable bonds is 0. The van der Waals surface area contributed by atoms with E-state index in [9.17, 15) is 9.90 Å². The molecule has 3 rings (SSSR count). The quantitative estimate of drug-likeness (QED) is 0.798. The zero-order chi connectivity index (χ0) is 15.2. The van der Waals surface area contributed by atoms with E-state index < -0.39 is 6.10 Å². The predicted octanol–water partition coefficient (Wildman–Crippen LogP) is 2.50. The van der Waals surface area contributed by atoms with Crippen LogP contribution in [0.4, 0.5) is 0 Å². The Morgan fingerprint density at radius 2 is 1.90 bits per heavy atom. The average Bonchev–Trinajstić information content (AvgIpc) is 2.42. The van der Waals surface area contributed by atoms with Crippen LogP contribution in [0.3, 0.4) is 0 Å². The molecule has 21 heavy (non-hydrogen) atoms. The van der Waals surface area contributed by atoms with Gasteiger partial charge >= 0.3 is 0 Å². The first-order valence-corrected chi connectivity index (χ1v) is 7.64. The van der Waals surface area contributed by atoms with Crippen molar-refractivity contribution in [2.24, 2.45) is 0 Å². The monoisotopic (exact) mass is 289 g/mol. The molecule has 1 aromatic carbocycles. The molecule has 0 saturated carbocycles. The van der Waals surface area contributed by atoms with Gasteiger partial charge in [0.25, 0.3) is 0 Å². The number of carbonyl (C=O) groups excluding carboxylic acids is 1. The number of likely N-dealkylation sites (tertiary alicyclic amines) is 1. The number of piperidine rings is 1. The van der Waals surface area contributed by atoms with Crippen molar-refractivity contribution in [3.05, 3.63) is 28.8 Å². The number of hydrogen-bond acceptors (Lipinski definition) is 3. The fraction of sp³-hybridized carbons (Fsp3) is 0.588. The van der Waals surface area contributed by atoms with Gasteiger partial charge in [0.1, 0.15) is 11.4 Å². The lowest BCUT2D eigenvalue weighted by Gasteiger charge is -2.46. The standard InChI is InChI=1S/C17H23NO3/c1-11-8-14-15(20)10-17(21-16(14)9-12(11)2)4-6-18(7-5-17)13(3)19/h8-9,15,20H,4-7,10H2,1-3H3/t15-/m1/s1. The summed E-state index contributed by atoms with van der Waals surface area (Å²) in [6.07, 6.45) is 1.72. The van der Waals surface area contributed by atoms with Gasteiger partial charge in [-0.05, 0) is 37.1 Å². The van der Waals surface area contributed by atoms with Crippen molar-refractivity contribution in [2.75, 3.05) is 13.1 Å². The summed E-state index contributed by atoms with van der Waals surface area (Å²) in [6.45, 7) is 7.14. The van der Waals surface area contributed by atoms with E-state index in [1.165, 1.54) is 11.1 Å². The third-order valence-electron chi connectivity index (χ3n) is 5.00. The van der Waals surface area contributed by atoms with Crippen LogP contribution in [0, 0.1) is 13.8 Å². The Balaban J connectivity index is 1.85. The van der Waals surface area contributed by atoms with Crippen LogP contribution in [0.15, 0.2) is 12.1 Å². The number of amides is 1. The molecule has 1 spiro atoms. The summed E-state index contributed by atoms with van der Waals surface area (Å²) in [5, 5.41) is 10.5. The lowest BCUT2D eigenvalue weighted by Crippen LogP contribution is -2.51. The lowest BCUT2D eigenvalue weighted by molar-refractivity contribution is -0.133. The maximum Gasteiger partial charge on any atom is 0.219 e. The van der Waals surface area contributed by atoms with E-state index in [2.05, 4.69) is 13.8 Å². The van der Waals surface area contributed by atoms with Crippen LogP contribution in [-0.2, 0) is 4.79 Å². The Hall–Kier alpha value is -1.55. The third kappa shape index (κ3) is 2.53. The topological polar surface area (TPSA) is 49.8 Å². The van der Waals surface area contributed by atoms with Gasteiger partial charge in [0.2, 0.25) is 5.91 Å². The highest BCUT2D eigenvalue weighted by Gasteiger charge is 2.43. The van der Waals surface area contributed by atoms with Crippen molar-refractivity contribution in [3.8, 4) is 5.75 Å². The number of benzene rings is 1. The zero-order valence-corrected chi connectivity index (χ0v) is 13.0. The molecule has 0 unspecified atom stereocenters. The molecular weight excluding hydrogens is 266 g/mol. The third-order valence-corrected chi connectivity index (χ3v) is 5.00. The van der Waals surface area contributed by atoms with E-state index in [0.29, 0.717) is 19.5 Å². The number of aryl methyl sites for hydroxylation is 2. The Morgan fingerprint density at radius 1 is 1.29 bits per heavy atom. The fourth-order valence-corrected chi connectivity index (χ4v) is 3.43. The second-order valence-electron chi connectivity index (χ2n) is 6.49. The molecule has 0 aromatic heterocycles. The lowest BCUT2D eigenvalue weighted by atomic mass is 9.81. The van der Waals surface area contributed by atoms with Gasteiger partial charge in [-0.1, -0.05) is 0 Å². The molecule has 2 aliphatic rings. The smallest absolute Gasteiger partial charge is 0.219 e. The van der Waals surface area contributed by atoms with Gasteiger partial charge in [-0.15, -0.1) is 0 Å². The minimum atomic E-state index is -0.475. The fourth-order valence-electron chi connectivity index (χ4n) is 3.43. The first-order chi connectivity index (χ1) is 9.90. The summed E-state index contributed by atoms with van der Waals surface area (Å²) in [7, 11) is 0. The molecule has 1 amide bonds. The van der Waals surface area contributed by atoms with Crippen LogP contribution in [0.1, 0.15) is 49.0 Å². The summed E-state index contributed by atoms with van der Waals surface area (Å²) >= 11 is 0. The van der Waals surface area contributed by atoms with E-state index in [-0.39, 0.29) is 11.5 Å². The molecule has 0 radical (unpaired) electrons. The minimum Gasteiger partial charge on any atom is -0.487 e. The number of carbonyl (C=O) groups is 1. The number of aliphatic hydroxyl groups is 1. The molecule has 2 heterocycles. The van der Waals surface area contributed by atoms with Crippen LogP contribution in [0.25, 0.3) is 0 Å². The van der Waals surface area contributed by atoms with E-state index in [1.54, 1.807) is 6.92 Å². The number of nitrogens with zero attached hydrogens (tertiary/aromatic N) is 1. The molecule has 0 aliphatic carbocycles. The second-order valence-corrected chi connectivity index (χ2v) is 6.49. The minimum absolute atomic E-state index is 0.119. The van der Waals surface area contributed by atoms with Crippen LogP contribution in [0.5, 0.6) is 5.75 Å². The normalized spacial score (nSPS) is 23.6. The van der Waals surface area contributed by atoms with E-state index >= 15 is 0 Å². The molecule has 114 valence electrons. The zero-order valence-electron chi connectivity index (χ0n) is 13.0. The van der Waals surface area contributed by atoms with E-state index in [1.807, 2.05) is 17.0 Å². The summed E-state index contributed by atoms with van der Waals surface area (Å²) in [6, 6.07) is 4.07. The molecule has 1 fully saturated rings. The highest BCUT2D eigenvalue weighted by atomic mass is 16.5. The molecule has 4 nitrogen and oxygen atoms in total. The van der Waals surface area contributed by atoms with Gasteiger partial charge < -0.3 is 14.7 Å². The Labute approximate surface area is 125 Å². The molecule has 2 aliphatic heterocycles. The largest absolute Gasteiger partial charge is 0.487 e. The molecule has 1 atom stereocenters. The number of ether oxygens (including phenoxy) is 1.